The van der Waals surface area contributed by atoms with Crippen LogP contribution in [0.3, 0.4) is 0 Å². The topological polar surface area (TPSA) is 46.3 Å². The fourth-order valence-electron chi connectivity index (χ4n) is 1.32. The molecule has 0 atom stereocenters. The van der Waals surface area contributed by atoms with Crippen molar-refractivity contribution in [2.45, 2.75) is 6.42 Å². The van der Waals surface area contributed by atoms with Crippen LogP contribution < -0.4 is 10.6 Å². The first-order chi connectivity index (χ1) is 7.06. The SMILES string of the molecule is CN(C)c1ccc(C(=O)CCN)cc1Br. The van der Waals surface area contributed by atoms with Gasteiger partial charge in [0.15, 0.2) is 5.78 Å². The van der Waals surface area contributed by atoms with Crippen LogP contribution in [0.15, 0.2) is 22.7 Å². The maximum Gasteiger partial charge on any atom is 0.164 e. The Morgan fingerprint density at radius 1 is 1.47 bits per heavy atom. The summed E-state index contributed by atoms with van der Waals surface area (Å²) in [5, 5.41) is 0. The van der Waals surface area contributed by atoms with Crippen LogP contribution in [-0.2, 0) is 0 Å². The normalized spacial score (nSPS) is 10.1. The van der Waals surface area contributed by atoms with E-state index in [2.05, 4.69) is 15.9 Å². The van der Waals surface area contributed by atoms with Gasteiger partial charge in [0, 0.05) is 30.6 Å². The number of rotatable bonds is 4. The first-order valence-electron chi connectivity index (χ1n) is 4.76. The molecule has 82 valence electrons. The number of ketones is 1. The third-order valence-corrected chi connectivity index (χ3v) is 2.76. The average molecular weight is 271 g/mol. The number of nitrogens with zero attached hydrogens (tertiary/aromatic N) is 1. The molecule has 0 aromatic heterocycles. The van der Waals surface area contributed by atoms with E-state index in [1.165, 1.54) is 0 Å². The van der Waals surface area contributed by atoms with Gasteiger partial charge < -0.3 is 10.6 Å². The van der Waals surface area contributed by atoms with Gasteiger partial charge in [-0.2, -0.15) is 0 Å². The van der Waals surface area contributed by atoms with Crippen molar-refractivity contribution in [2.24, 2.45) is 5.73 Å². The number of Topliss-reactive ketones (excluding diaryl/α,β-unsaturated/α-hetero) is 1. The molecule has 2 N–H and O–H groups in total. The predicted octanol–water partition coefficient (Wildman–Crippen LogP) is 2.05. The van der Waals surface area contributed by atoms with Crippen LogP contribution in [0, 0.1) is 0 Å². The second kappa shape index (κ2) is 5.28. The summed E-state index contributed by atoms with van der Waals surface area (Å²) in [4.78, 5) is 13.6. The summed E-state index contributed by atoms with van der Waals surface area (Å²) >= 11 is 3.44. The van der Waals surface area contributed by atoms with Crippen LogP contribution in [0.5, 0.6) is 0 Å². The van der Waals surface area contributed by atoms with Crippen molar-refractivity contribution < 1.29 is 4.79 Å². The standard InChI is InChI=1S/C11H15BrN2O/c1-14(2)10-4-3-8(7-9(10)12)11(15)5-6-13/h3-4,7H,5-6,13H2,1-2H3. The van der Waals surface area contributed by atoms with Crippen LogP contribution in [0.2, 0.25) is 0 Å². The van der Waals surface area contributed by atoms with E-state index in [0.29, 0.717) is 18.5 Å². The van der Waals surface area contributed by atoms with Gasteiger partial charge in [-0.3, -0.25) is 4.79 Å². The number of hydrogen-bond acceptors (Lipinski definition) is 3. The molecule has 0 aliphatic heterocycles. The smallest absolute Gasteiger partial charge is 0.164 e. The Hall–Kier alpha value is -0.870. The van der Waals surface area contributed by atoms with E-state index in [1.54, 1.807) is 0 Å². The molecule has 3 nitrogen and oxygen atoms in total. The Morgan fingerprint density at radius 3 is 2.60 bits per heavy atom. The number of anilines is 1. The van der Waals surface area contributed by atoms with Crippen molar-refractivity contribution in [3.05, 3.63) is 28.2 Å². The van der Waals surface area contributed by atoms with E-state index in [-0.39, 0.29) is 5.78 Å². The van der Waals surface area contributed by atoms with Gasteiger partial charge in [-0.1, -0.05) is 0 Å². The molecule has 15 heavy (non-hydrogen) atoms. The number of benzene rings is 1. The minimum atomic E-state index is 0.0866. The molecule has 0 aliphatic carbocycles. The third-order valence-electron chi connectivity index (χ3n) is 2.12. The van der Waals surface area contributed by atoms with Crippen LogP contribution in [0.25, 0.3) is 0 Å². The van der Waals surface area contributed by atoms with Crippen LogP contribution in [0.1, 0.15) is 16.8 Å². The fourth-order valence-corrected chi connectivity index (χ4v) is 2.05. The Morgan fingerprint density at radius 2 is 2.13 bits per heavy atom. The van der Waals surface area contributed by atoms with Gasteiger partial charge in [0.25, 0.3) is 0 Å². The largest absolute Gasteiger partial charge is 0.377 e. The number of carbonyl (C=O) groups is 1. The van der Waals surface area contributed by atoms with Crippen molar-refractivity contribution in [3.63, 3.8) is 0 Å². The quantitative estimate of drug-likeness (QED) is 0.852. The van der Waals surface area contributed by atoms with Crippen LogP contribution in [-0.4, -0.2) is 26.4 Å². The van der Waals surface area contributed by atoms with E-state index >= 15 is 0 Å². The maximum atomic E-state index is 11.6. The van der Waals surface area contributed by atoms with Gasteiger partial charge >= 0.3 is 0 Å². The average Bonchev–Trinajstić information content (AvgIpc) is 2.17. The van der Waals surface area contributed by atoms with Gasteiger partial charge in [-0.05, 0) is 40.7 Å². The van der Waals surface area contributed by atoms with E-state index in [9.17, 15) is 4.79 Å². The molecule has 0 aliphatic rings. The summed E-state index contributed by atoms with van der Waals surface area (Å²) in [6, 6.07) is 5.60. The van der Waals surface area contributed by atoms with Crippen LogP contribution in [0.4, 0.5) is 5.69 Å². The molecular formula is C11H15BrN2O. The summed E-state index contributed by atoms with van der Waals surface area (Å²) < 4.78 is 0.926. The molecule has 0 spiro atoms. The molecule has 0 bridgehead atoms. The molecule has 0 fully saturated rings. The highest BCUT2D eigenvalue weighted by molar-refractivity contribution is 9.10. The summed E-state index contributed by atoms with van der Waals surface area (Å²) in [6.07, 6.45) is 0.397. The molecular weight excluding hydrogens is 256 g/mol. The summed E-state index contributed by atoms with van der Waals surface area (Å²) in [7, 11) is 3.92. The first-order valence-corrected chi connectivity index (χ1v) is 5.55. The third kappa shape index (κ3) is 3.04. The molecule has 0 saturated heterocycles. The molecule has 1 aromatic rings. The Balaban J connectivity index is 2.96. The van der Waals surface area contributed by atoms with Crippen molar-refractivity contribution >= 4 is 27.4 Å². The van der Waals surface area contributed by atoms with Crippen molar-refractivity contribution in [1.82, 2.24) is 0 Å². The summed E-state index contributed by atoms with van der Waals surface area (Å²) in [5.41, 5.74) is 7.10. The van der Waals surface area contributed by atoms with Gasteiger partial charge in [-0.15, -0.1) is 0 Å². The lowest BCUT2D eigenvalue weighted by atomic mass is 10.1. The van der Waals surface area contributed by atoms with E-state index in [4.69, 9.17) is 5.73 Å². The van der Waals surface area contributed by atoms with Crippen molar-refractivity contribution in [2.75, 3.05) is 25.5 Å². The van der Waals surface area contributed by atoms with Crippen LogP contribution >= 0.6 is 15.9 Å². The number of nitrogens with two attached hydrogens (primary N) is 1. The first kappa shape index (κ1) is 12.2. The highest BCUT2D eigenvalue weighted by Gasteiger charge is 2.08. The van der Waals surface area contributed by atoms with Gasteiger partial charge in [0.2, 0.25) is 0 Å². The fraction of sp³-hybridized carbons (Fsp3) is 0.364. The molecule has 0 heterocycles. The maximum absolute atomic E-state index is 11.6. The Kier molecular flexibility index (Phi) is 4.29. The minimum absolute atomic E-state index is 0.0866. The highest BCUT2D eigenvalue weighted by atomic mass is 79.9. The van der Waals surface area contributed by atoms with Gasteiger partial charge in [0.05, 0.1) is 5.69 Å². The van der Waals surface area contributed by atoms with E-state index in [0.717, 1.165) is 10.2 Å². The number of halogens is 1. The monoisotopic (exact) mass is 270 g/mol. The van der Waals surface area contributed by atoms with Crippen molar-refractivity contribution in [3.8, 4) is 0 Å². The lowest BCUT2D eigenvalue weighted by molar-refractivity contribution is 0.0985. The number of hydrogen-bond donors (Lipinski definition) is 1. The molecule has 0 unspecified atom stereocenters. The van der Waals surface area contributed by atoms with E-state index in [1.807, 2.05) is 37.2 Å². The lowest BCUT2D eigenvalue weighted by Gasteiger charge is -2.15. The minimum Gasteiger partial charge on any atom is -0.377 e. The van der Waals surface area contributed by atoms with Crippen molar-refractivity contribution in [1.29, 1.82) is 0 Å². The molecule has 4 heteroatoms. The van der Waals surface area contributed by atoms with E-state index < -0.39 is 0 Å². The zero-order valence-corrected chi connectivity index (χ0v) is 10.5. The molecule has 0 saturated carbocycles. The molecule has 1 rings (SSSR count). The molecule has 0 amide bonds. The Bertz CT molecular complexity index is 364. The highest BCUT2D eigenvalue weighted by Crippen LogP contribution is 2.26. The summed E-state index contributed by atoms with van der Waals surface area (Å²) in [5.74, 6) is 0.0866. The molecule has 0 radical (unpaired) electrons. The lowest BCUT2D eigenvalue weighted by Crippen LogP contribution is -2.11. The Labute approximate surface area is 98.4 Å². The zero-order valence-electron chi connectivity index (χ0n) is 8.96. The number of carbonyl (C=O) groups excluding carboxylic acids is 1. The second-order valence-corrected chi connectivity index (χ2v) is 4.38. The predicted molar refractivity (Wildman–Crippen MR) is 66.5 cm³/mol. The molecule has 1 aromatic carbocycles. The summed E-state index contributed by atoms with van der Waals surface area (Å²) in [6.45, 7) is 0.395. The second-order valence-electron chi connectivity index (χ2n) is 3.52. The van der Waals surface area contributed by atoms with Gasteiger partial charge in [-0.25, -0.2) is 0 Å². The zero-order chi connectivity index (χ0) is 11.4. The van der Waals surface area contributed by atoms with Gasteiger partial charge in [0.1, 0.15) is 0 Å².